The SMILES string of the molecule is CC1=C(c2ccc3ccccc3c2C(C)(C)O)CC=C1. The highest BCUT2D eigenvalue weighted by Crippen LogP contribution is 2.39. The van der Waals surface area contributed by atoms with Crippen LogP contribution < -0.4 is 0 Å². The third-order valence-electron chi connectivity index (χ3n) is 4.03. The largest absolute Gasteiger partial charge is 0.386 e. The van der Waals surface area contributed by atoms with Gasteiger partial charge in [0, 0.05) is 0 Å². The molecule has 1 aliphatic carbocycles. The van der Waals surface area contributed by atoms with E-state index in [1.807, 2.05) is 26.0 Å². The van der Waals surface area contributed by atoms with Gasteiger partial charge in [0.1, 0.15) is 0 Å². The zero-order chi connectivity index (χ0) is 14.3. The predicted molar refractivity (Wildman–Crippen MR) is 85.5 cm³/mol. The van der Waals surface area contributed by atoms with Gasteiger partial charge in [-0.2, -0.15) is 0 Å². The fourth-order valence-corrected chi connectivity index (χ4v) is 3.12. The van der Waals surface area contributed by atoms with Gasteiger partial charge >= 0.3 is 0 Å². The maximum absolute atomic E-state index is 10.7. The van der Waals surface area contributed by atoms with Crippen molar-refractivity contribution in [3.05, 3.63) is 65.3 Å². The van der Waals surface area contributed by atoms with Gasteiger partial charge in [-0.05, 0) is 60.2 Å². The molecule has 0 fully saturated rings. The summed E-state index contributed by atoms with van der Waals surface area (Å²) in [6, 6.07) is 12.6. The quantitative estimate of drug-likeness (QED) is 0.826. The number of allylic oxidation sites excluding steroid dienone is 4. The Balaban J connectivity index is 2.36. The van der Waals surface area contributed by atoms with E-state index < -0.39 is 5.60 Å². The van der Waals surface area contributed by atoms with Crippen LogP contribution in [0.4, 0.5) is 0 Å². The van der Waals surface area contributed by atoms with E-state index in [9.17, 15) is 5.11 Å². The molecule has 0 bridgehead atoms. The lowest BCUT2D eigenvalue weighted by Gasteiger charge is -2.25. The standard InChI is InChI=1S/C19H20O/c1-13-7-6-10-15(13)17-12-11-14-8-4-5-9-16(14)18(17)19(2,3)20/h4-9,11-12,20H,10H2,1-3H3. The molecule has 0 spiro atoms. The van der Waals surface area contributed by atoms with E-state index in [2.05, 4.69) is 43.3 Å². The first-order valence-electron chi connectivity index (χ1n) is 7.10. The maximum Gasteiger partial charge on any atom is 0.0852 e. The van der Waals surface area contributed by atoms with Crippen molar-refractivity contribution in [2.75, 3.05) is 0 Å². The van der Waals surface area contributed by atoms with Crippen molar-refractivity contribution in [2.45, 2.75) is 32.8 Å². The summed E-state index contributed by atoms with van der Waals surface area (Å²) in [5, 5.41) is 13.0. The summed E-state index contributed by atoms with van der Waals surface area (Å²) in [7, 11) is 0. The Kier molecular flexibility index (Phi) is 3.02. The van der Waals surface area contributed by atoms with Crippen LogP contribution in [0.3, 0.4) is 0 Å². The Morgan fingerprint density at radius 2 is 1.80 bits per heavy atom. The second-order valence-electron chi connectivity index (χ2n) is 6.04. The van der Waals surface area contributed by atoms with E-state index in [0.29, 0.717) is 0 Å². The molecule has 1 N–H and O–H groups in total. The van der Waals surface area contributed by atoms with E-state index in [4.69, 9.17) is 0 Å². The molecule has 0 aliphatic heterocycles. The molecule has 102 valence electrons. The van der Waals surface area contributed by atoms with Gasteiger partial charge < -0.3 is 5.11 Å². The fourth-order valence-electron chi connectivity index (χ4n) is 3.12. The van der Waals surface area contributed by atoms with E-state index >= 15 is 0 Å². The van der Waals surface area contributed by atoms with Gasteiger partial charge in [0.15, 0.2) is 0 Å². The molecule has 0 amide bonds. The van der Waals surface area contributed by atoms with Crippen molar-refractivity contribution in [3.8, 4) is 0 Å². The molecule has 20 heavy (non-hydrogen) atoms. The highest BCUT2D eigenvalue weighted by atomic mass is 16.3. The smallest absolute Gasteiger partial charge is 0.0852 e. The summed E-state index contributed by atoms with van der Waals surface area (Å²) in [6.45, 7) is 5.88. The molecule has 1 heteroatoms. The molecule has 0 radical (unpaired) electrons. The third-order valence-corrected chi connectivity index (χ3v) is 4.03. The average molecular weight is 264 g/mol. The van der Waals surface area contributed by atoms with Gasteiger partial charge in [0.2, 0.25) is 0 Å². The number of hydrogen-bond acceptors (Lipinski definition) is 1. The van der Waals surface area contributed by atoms with Crippen LogP contribution in [0.15, 0.2) is 54.1 Å². The van der Waals surface area contributed by atoms with Crippen LogP contribution in [0.1, 0.15) is 38.3 Å². The van der Waals surface area contributed by atoms with Gasteiger partial charge in [-0.25, -0.2) is 0 Å². The van der Waals surface area contributed by atoms with Crippen LogP contribution >= 0.6 is 0 Å². The van der Waals surface area contributed by atoms with Crippen molar-refractivity contribution in [1.82, 2.24) is 0 Å². The second kappa shape index (κ2) is 4.60. The van der Waals surface area contributed by atoms with Gasteiger partial charge in [-0.3, -0.25) is 0 Å². The Morgan fingerprint density at radius 3 is 2.45 bits per heavy atom. The highest BCUT2D eigenvalue weighted by Gasteiger charge is 2.25. The zero-order valence-corrected chi connectivity index (χ0v) is 12.3. The predicted octanol–water partition coefficient (Wildman–Crippen LogP) is 4.80. The van der Waals surface area contributed by atoms with Crippen LogP contribution in [0.2, 0.25) is 0 Å². The minimum absolute atomic E-state index is 0.855. The average Bonchev–Trinajstić information content (AvgIpc) is 2.82. The maximum atomic E-state index is 10.7. The highest BCUT2D eigenvalue weighted by molar-refractivity contribution is 5.92. The van der Waals surface area contributed by atoms with Gasteiger partial charge in [0.25, 0.3) is 0 Å². The molecule has 1 nitrogen and oxygen atoms in total. The molecule has 0 saturated heterocycles. The number of hydrogen-bond donors (Lipinski definition) is 1. The molecule has 1 aliphatic rings. The van der Waals surface area contributed by atoms with E-state index in [1.165, 1.54) is 22.1 Å². The lowest BCUT2D eigenvalue weighted by atomic mass is 9.84. The van der Waals surface area contributed by atoms with E-state index in [-0.39, 0.29) is 0 Å². The molecule has 0 aromatic heterocycles. The summed E-state index contributed by atoms with van der Waals surface area (Å²) in [6.07, 6.45) is 5.31. The Morgan fingerprint density at radius 1 is 1.05 bits per heavy atom. The van der Waals surface area contributed by atoms with Crippen molar-refractivity contribution >= 4 is 16.3 Å². The van der Waals surface area contributed by atoms with Gasteiger partial charge in [-0.1, -0.05) is 48.6 Å². The number of rotatable bonds is 2. The molecular formula is C19H20O. The summed E-state index contributed by atoms with van der Waals surface area (Å²) in [5.41, 5.74) is 3.98. The van der Waals surface area contributed by atoms with Gasteiger partial charge in [0.05, 0.1) is 5.60 Å². The Bertz CT molecular complexity index is 727. The summed E-state index contributed by atoms with van der Waals surface area (Å²) < 4.78 is 0. The van der Waals surface area contributed by atoms with Crippen molar-refractivity contribution < 1.29 is 5.11 Å². The minimum atomic E-state index is -0.855. The fraction of sp³-hybridized carbons (Fsp3) is 0.263. The van der Waals surface area contributed by atoms with Crippen LogP contribution in [-0.4, -0.2) is 5.11 Å². The van der Waals surface area contributed by atoms with E-state index in [0.717, 1.165) is 17.4 Å². The monoisotopic (exact) mass is 264 g/mol. The lowest BCUT2D eigenvalue weighted by Crippen LogP contribution is -2.18. The number of benzene rings is 2. The molecule has 3 rings (SSSR count). The third kappa shape index (κ3) is 2.08. The first kappa shape index (κ1) is 13.1. The zero-order valence-electron chi connectivity index (χ0n) is 12.3. The topological polar surface area (TPSA) is 20.2 Å². The Labute approximate surface area is 120 Å². The molecular weight excluding hydrogens is 244 g/mol. The molecule has 0 heterocycles. The van der Waals surface area contributed by atoms with Crippen molar-refractivity contribution in [3.63, 3.8) is 0 Å². The van der Waals surface area contributed by atoms with Crippen LogP contribution in [0.5, 0.6) is 0 Å². The molecule has 0 unspecified atom stereocenters. The molecule has 2 aromatic rings. The lowest BCUT2D eigenvalue weighted by molar-refractivity contribution is 0.0799. The summed E-state index contributed by atoms with van der Waals surface area (Å²) in [5.74, 6) is 0. The molecule has 2 aromatic carbocycles. The molecule has 0 atom stereocenters. The number of fused-ring (bicyclic) bond motifs is 1. The van der Waals surface area contributed by atoms with Crippen molar-refractivity contribution in [2.24, 2.45) is 0 Å². The Hall–Kier alpha value is -1.86. The first-order valence-corrected chi connectivity index (χ1v) is 7.10. The summed E-state index contributed by atoms with van der Waals surface area (Å²) in [4.78, 5) is 0. The first-order chi connectivity index (χ1) is 9.48. The van der Waals surface area contributed by atoms with Crippen molar-refractivity contribution in [1.29, 1.82) is 0 Å². The minimum Gasteiger partial charge on any atom is -0.386 e. The second-order valence-corrected chi connectivity index (χ2v) is 6.04. The normalized spacial score (nSPS) is 15.4. The number of aliphatic hydroxyl groups is 1. The summed E-state index contributed by atoms with van der Waals surface area (Å²) >= 11 is 0. The van der Waals surface area contributed by atoms with E-state index in [1.54, 1.807) is 0 Å². The van der Waals surface area contributed by atoms with Gasteiger partial charge in [-0.15, -0.1) is 0 Å². The molecule has 0 saturated carbocycles. The van der Waals surface area contributed by atoms with Crippen LogP contribution in [0.25, 0.3) is 16.3 Å². The van der Waals surface area contributed by atoms with Crippen LogP contribution in [0, 0.1) is 0 Å². The van der Waals surface area contributed by atoms with Crippen LogP contribution in [-0.2, 0) is 5.60 Å².